The lowest BCUT2D eigenvalue weighted by Crippen LogP contribution is -2.45. The Morgan fingerprint density at radius 3 is 0.957 bits per heavy atom. The van der Waals surface area contributed by atoms with Crippen LogP contribution >= 0.6 is 0 Å². The molecule has 0 aliphatic rings. The highest BCUT2D eigenvalue weighted by atomic mass is 16.3. The van der Waals surface area contributed by atoms with Crippen LogP contribution < -0.4 is 5.32 Å². The number of unbranched alkanes of at least 4 members (excludes halogenated alkanes) is 33. The number of hydrogen-bond acceptors (Lipinski definition) is 3. The number of carbonyl (C=O) groups excluding carboxylic acids is 1. The Kier molecular flexibility index (Phi) is 39.3. The van der Waals surface area contributed by atoms with Gasteiger partial charge in [-0.25, -0.2) is 0 Å². The summed E-state index contributed by atoms with van der Waals surface area (Å²) >= 11 is 0. The molecule has 282 valence electrons. The molecule has 0 radical (unpaired) electrons. The first kappa shape index (κ1) is 46.4. The number of carbonyl (C=O) groups is 1. The predicted molar refractivity (Wildman–Crippen MR) is 207 cm³/mol. The van der Waals surface area contributed by atoms with Gasteiger partial charge in [0, 0.05) is 6.42 Å². The Hall–Kier alpha value is -0.610. The van der Waals surface area contributed by atoms with Gasteiger partial charge < -0.3 is 15.5 Å². The van der Waals surface area contributed by atoms with Crippen LogP contribution in [0.1, 0.15) is 251 Å². The second kappa shape index (κ2) is 39.8. The molecular weight excluding hydrogens is 578 g/mol. The van der Waals surface area contributed by atoms with Crippen molar-refractivity contribution < 1.29 is 15.0 Å². The zero-order valence-electron chi connectivity index (χ0n) is 32.3. The molecule has 0 aromatic carbocycles. The maximum atomic E-state index is 12.4. The highest BCUT2D eigenvalue weighted by Crippen LogP contribution is 2.17. The number of rotatable bonds is 40. The summed E-state index contributed by atoms with van der Waals surface area (Å²) in [5.74, 6) is -0.0259. The summed E-state index contributed by atoms with van der Waals surface area (Å²) in [7, 11) is 0. The van der Waals surface area contributed by atoms with Crippen molar-refractivity contribution in [2.45, 2.75) is 264 Å². The van der Waals surface area contributed by atoms with Gasteiger partial charge in [0.05, 0.1) is 18.8 Å². The molecule has 0 heterocycles. The normalized spacial score (nSPS) is 12.9. The fraction of sp³-hybridized carbons (Fsp3) is 0.977. The van der Waals surface area contributed by atoms with Crippen LogP contribution in [0.15, 0.2) is 0 Å². The maximum Gasteiger partial charge on any atom is 0.220 e. The van der Waals surface area contributed by atoms with E-state index in [-0.39, 0.29) is 12.5 Å². The van der Waals surface area contributed by atoms with Gasteiger partial charge in [0.15, 0.2) is 0 Å². The maximum absolute atomic E-state index is 12.4. The number of nitrogens with one attached hydrogen (secondary N) is 1. The Labute approximate surface area is 295 Å². The van der Waals surface area contributed by atoms with Crippen LogP contribution in [0.3, 0.4) is 0 Å². The van der Waals surface area contributed by atoms with Crippen molar-refractivity contribution in [1.29, 1.82) is 0 Å². The van der Waals surface area contributed by atoms with Crippen LogP contribution in [0, 0.1) is 0 Å². The molecule has 47 heavy (non-hydrogen) atoms. The lowest BCUT2D eigenvalue weighted by molar-refractivity contribution is -0.123. The highest BCUT2D eigenvalue weighted by Gasteiger charge is 2.20. The molecule has 0 aliphatic carbocycles. The molecule has 0 saturated carbocycles. The van der Waals surface area contributed by atoms with Gasteiger partial charge in [0.2, 0.25) is 5.91 Å². The summed E-state index contributed by atoms with van der Waals surface area (Å²) in [4.78, 5) is 12.4. The topological polar surface area (TPSA) is 69.6 Å². The zero-order valence-corrected chi connectivity index (χ0v) is 32.3. The average Bonchev–Trinajstić information content (AvgIpc) is 3.07. The molecule has 3 N–H and O–H groups in total. The summed E-state index contributed by atoms with van der Waals surface area (Å²) in [6.45, 7) is 4.38. The van der Waals surface area contributed by atoms with Crippen LogP contribution in [-0.4, -0.2) is 34.9 Å². The standard InChI is InChI=1S/C43H87NO3/c1-3-5-7-9-11-13-15-17-19-21-23-25-27-29-31-33-35-37-39-43(47)44-41(40-45)42(46)38-36-34-32-30-28-26-24-22-20-18-16-14-12-10-8-6-4-2/h41-42,45-46H,3-40H2,1-2H3,(H,44,47). The first-order valence-electron chi connectivity index (χ1n) is 21.7. The van der Waals surface area contributed by atoms with Gasteiger partial charge in [0.1, 0.15) is 0 Å². The van der Waals surface area contributed by atoms with Crippen molar-refractivity contribution >= 4 is 5.91 Å². The zero-order chi connectivity index (χ0) is 34.3. The SMILES string of the molecule is CCCCCCCCCCCCCCCCCCCCC(=O)NC(CO)C(O)CCCCCCCCCCCCCCCCCCC. The second-order valence-corrected chi connectivity index (χ2v) is 15.1. The van der Waals surface area contributed by atoms with Crippen molar-refractivity contribution in [3.8, 4) is 0 Å². The molecule has 0 bridgehead atoms. The van der Waals surface area contributed by atoms with Crippen LogP contribution in [0.5, 0.6) is 0 Å². The molecule has 2 atom stereocenters. The molecule has 2 unspecified atom stereocenters. The number of aliphatic hydroxyl groups is 2. The summed E-state index contributed by atoms with van der Waals surface area (Å²) in [5, 5.41) is 23.2. The van der Waals surface area contributed by atoms with Gasteiger partial charge in [-0.3, -0.25) is 4.79 Å². The number of hydrogen-bond donors (Lipinski definition) is 3. The first-order valence-corrected chi connectivity index (χ1v) is 21.7. The van der Waals surface area contributed by atoms with E-state index >= 15 is 0 Å². The third kappa shape index (κ3) is 36.5. The smallest absolute Gasteiger partial charge is 0.220 e. The molecule has 0 rings (SSSR count). The van der Waals surface area contributed by atoms with Crippen molar-refractivity contribution in [3.05, 3.63) is 0 Å². The fourth-order valence-electron chi connectivity index (χ4n) is 7.01. The molecule has 4 nitrogen and oxygen atoms in total. The summed E-state index contributed by atoms with van der Waals surface area (Å²) in [5.41, 5.74) is 0. The predicted octanol–water partition coefficient (Wildman–Crippen LogP) is 13.3. The van der Waals surface area contributed by atoms with E-state index in [2.05, 4.69) is 19.2 Å². The molecule has 0 saturated heterocycles. The van der Waals surface area contributed by atoms with Gasteiger partial charge in [-0.2, -0.15) is 0 Å². The first-order chi connectivity index (χ1) is 23.2. The van der Waals surface area contributed by atoms with E-state index in [1.54, 1.807) is 0 Å². The molecule has 0 fully saturated rings. The van der Waals surface area contributed by atoms with Crippen molar-refractivity contribution in [2.75, 3.05) is 6.61 Å². The highest BCUT2D eigenvalue weighted by molar-refractivity contribution is 5.76. The fourth-order valence-corrected chi connectivity index (χ4v) is 7.01. The summed E-state index contributed by atoms with van der Waals surface area (Å²) in [6, 6.07) is -0.529. The largest absolute Gasteiger partial charge is 0.394 e. The Morgan fingerprint density at radius 1 is 0.426 bits per heavy atom. The van der Waals surface area contributed by atoms with Crippen molar-refractivity contribution in [2.24, 2.45) is 0 Å². The van der Waals surface area contributed by atoms with E-state index in [0.717, 1.165) is 25.7 Å². The molecule has 0 aliphatic heterocycles. The van der Waals surface area contributed by atoms with Gasteiger partial charge in [-0.15, -0.1) is 0 Å². The Balaban J connectivity index is 3.47. The van der Waals surface area contributed by atoms with Gasteiger partial charge in [0.25, 0.3) is 0 Å². The number of aliphatic hydroxyl groups excluding tert-OH is 2. The van der Waals surface area contributed by atoms with Gasteiger partial charge in [-0.05, 0) is 12.8 Å². The minimum Gasteiger partial charge on any atom is -0.394 e. The average molecular weight is 666 g/mol. The molecule has 0 aromatic rings. The third-order valence-corrected chi connectivity index (χ3v) is 10.4. The van der Waals surface area contributed by atoms with Crippen LogP contribution in [0.25, 0.3) is 0 Å². The van der Waals surface area contributed by atoms with Crippen molar-refractivity contribution in [3.63, 3.8) is 0 Å². The van der Waals surface area contributed by atoms with E-state index in [9.17, 15) is 15.0 Å². The van der Waals surface area contributed by atoms with E-state index in [0.29, 0.717) is 12.8 Å². The van der Waals surface area contributed by atoms with Crippen LogP contribution in [-0.2, 0) is 4.79 Å². The summed E-state index contributed by atoms with van der Waals surface area (Å²) < 4.78 is 0. The van der Waals surface area contributed by atoms with E-state index in [1.807, 2.05) is 0 Å². The minimum atomic E-state index is -0.652. The minimum absolute atomic E-state index is 0.0259. The lowest BCUT2D eigenvalue weighted by atomic mass is 10.0. The molecule has 0 aromatic heterocycles. The van der Waals surface area contributed by atoms with Crippen LogP contribution in [0.4, 0.5) is 0 Å². The molecule has 0 spiro atoms. The molecular formula is C43H87NO3. The third-order valence-electron chi connectivity index (χ3n) is 10.4. The van der Waals surface area contributed by atoms with Gasteiger partial charge in [-0.1, -0.05) is 232 Å². The Morgan fingerprint density at radius 2 is 0.681 bits per heavy atom. The Bertz CT molecular complexity index is 598. The van der Waals surface area contributed by atoms with E-state index in [4.69, 9.17) is 0 Å². The van der Waals surface area contributed by atoms with Gasteiger partial charge >= 0.3 is 0 Å². The second-order valence-electron chi connectivity index (χ2n) is 15.1. The number of amides is 1. The quantitative estimate of drug-likeness (QED) is 0.0570. The monoisotopic (exact) mass is 666 g/mol. The molecule has 1 amide bonds. The van der Waals surface area contributed by atoms with E-state index < -0.39 is 12.1 Å². The van der Waals surface area contributed by atoms with Crippen LogP contribution in [0.2, 0.25) is 0 Å². The van der Waals surface area contributed by atoms with Crippen molar-refractivity contribution in [1.82, 2.24) is 5.32 Å². The van der Waals surface area contributed by atoms with E-state index in [1.165, 1.54) is 199 Å². The summed E-state index contributed by atoms with van der Waals surface area (Å²) in [6.07, 6.45) is 47.4. The lowest BCUT2D eigenvalue weighted by Gasteiger charge is -2.22. The molecule has 4 heteroatoms.